The Kier molecular flexibility index (Phi) is 7.40. The minimum absolute atomic E-state index is 0.192. The van der Waals surface area contributed by atoms with Crippen LogP contribution in [0.4, 0.5) is 5.69 Å². The molecule has 2 aromatic carbocycles. The summed E-state index contributed by atoms with van der Waals surface area (Å²) in [7, 11) is -3.55. The third-order valence-electron chi connectivity index (χ3n) is 5.89. The number of nitrogens with zero attached hydrogens (tertiary/aromatic N) is 5. The number of carbonyl (C=O) groups excluding carboxylic acids is 1. The number of piperazine rings is 1. The molecule has 9 nitrogen and oxygen atoms in total. The fourth-order valence-corrected chi connectivity index (χ4v) is 5.40. The first-order chi connectivity index (χ1) is 16.3. The molecule has 0 bridgehead atoms. The molecule has 0 unspecified atom stereocenters. The predicted octanol–water partition coefficient (Wildman–Crippen LogP) is 2.61. The lowest BCUT2D eigenvalue weighted by Crippen LogP contribution is -2.48. The number of rotatable bonds is 8. The second kappa shape index (κ2) is 10.5. The van der Waals surface area contributed by atoms with Gasteiger partial charge in [0.15, 0.2) is 0 Å². The fraction of sp³-hybridized carbons (Fsp3) is 0.375. The summed E-state index contributed by atoms with van der Waals surface area (Å²) in [5.74, 6) is -0.192. The molecule has 1 saturated heterocycles. The highest BCUT2D eigenvalue weighted by Gasteiger charge is 2.28. The van der Waals surface area contributed by atoms with Crippen LogP contribution >= 0.6 is 0 Å². The zero-order valence-electron chi connectivity index (χ0n) is 19.5. The van der Waals surface area contributed by atoms with Crippen LogP contribution in [0.3, 0.4) is 0 Å². The van der Waals surface area contributed by atoms with Gasteiger partial charge in [0.25, 0.3) is 0 Å². The van der Waals surface area contributed by atoms with Crippen molar-refractivity contribution in [3.8, 4) is 11.3 Å². The Morgan fingerprint density at radius 1 is 0.971 bits per heavy atom. The van der Waals surface area contributed by atoms with Crippen molar-refractivity contribution in [1.82, 2.24) is 24.2 Å². The van der Waals surface area contributed by atoms with Crippen molar-refractivity contribution in [3.63, 3.8) is 0 Å². The molecule has 2 heterocycles. The highest BCUT2D eigenvalue weighted by atomic mass is 32.2. The van der Waals surface area contributed by atoms with E-state index in [9.17, 15) is 13.2 Å². The number of amides is 1. The summed E-state index contributed by atoms with van der Waals surface area (Å²) in [6.45, 7) is 7.40. The highest BCUT2D eigenvalue weighted by molar-refractivity contribution is 7.89. The van der Waals surface area contributed by atoms with Crippen molar-refractivity contribution in [2.45, 2.75) is 31.7 Å². The lowest BCUT2D eigenvalue weighted by atomic mass is 10.1. The van der Waals surface area contributed by atoms with Gasteiger partial charge in [0.05, 0.1) is 11.1 Å². The van der Waals surface area contributed by atoms with Crippen LogP contribution in [0.5, 0.6) is 0 Å². The Bertz CT molecular complexity index is 1210. The standard InChI is InChI=1S/C24H30N6O3S/c1-19-4-6-21(7-5-19)24-18-29(27-26-24)13-3-12-28-14-16-30(17-15-28)34(32,33)23-10-8-22(9-11-23)25-20(2)31/h4-11,18H,3,12-17H2,1-2H3,(H,25,31). The molecule has 1 N–H and O–H groups in total. The summed E-state index contributed by atoms with van der Waals surface area (Å²) in [6, 6.07) is 14.5. The average Bonchev–Trinajstić information content (AvgIpc) is 3.29. The summed E-state index contributed by atoms with van der Waals surface area (Å²) in [5, 5.41) is 11.2. The van der Waals surface area contributed by atoms with Gasteiger partial charge in [-0.15, -0.1) is 5.10 Å². The van der Waals surface area contributed by atoms with Crippen LogP contribution in [0.25, 0.3) is 11.3 Å². The van der Waals surface area contributed by atoms with Gasteiger partial charge < -0.3 is 10.2 Å². The molecule has 0 radical (unpaired) electrons. The molecule has 3 aromatic rings. The second-order valence-electron chi connectivity index (χ2n) is 8.54. The first-order valence-corrected chi connectivity index (χ1v) is 12.8. The summed E-state index contributed by atoms with van der Waals surface area (Å²) in [4.78, 5) is 13.7. The Morgan fingerprint density at radius 2 is 1.65 bits per heavy atom. The van der Waals surface area contributed by atoms with E-state index in [0.29, 0.717) is 31.9 Å². The lowest BCUT2D eigenvalue weighted by Gasteiger charge is -2.34. The van der Waals surface area contributed by atoms with Gasteiger partial charge in [0.1, 0.15) is 5.69 Å². The van der Waals surface area contributed by atoms with Gasteiger partial charge >= 0.3 is 0 Å². The number of nitrogens with one attached hydrogen (secondary N) is 1. The van der Waals surface area contributed by atoms with Crippen LogP contribution in [0, 0.1) is 6.92 Å². The maximum absolute atomic E-state index is 13.0. The molecule has 0 saturated carbocycles. The van der Waals surface area contributed by atoms with Gasteiger partial charge in [0.2, 0.25) is 15.9 Å². The number of sulfonamides is 1. The van der Waals surface area contributed by atoms with Crippen molar-refractivity contribution in [1.29, 1.82) is 0 Å². The van der Waals surface area contributed by atoms with Gasteiger partial charge in [0, 0.05) is 57.4 Å². The molecule has 34 heavy (non-hydrogen) atoms. The topological polar surface area (TPSA) is 100 Å². The second-order valence-corrected chi connectivity index (χ2v) is 10.5. The SMILES string of the molecule is CC(=O)Nc1ccc(S(=O)(=O)N2CCN(CCCn3cc(-c4ccc(C)cc4)nn3)CC2)cc1. The van der Waals surface area contributed by atoms with Crippen LogP contribution in [0.2, 0.25) is 0 Å². The largest absolute Gasteiger partial charge is 0.326 e. The van der Waals surface area contributed by atoms with E-state index >= 15 is 0 Å². The van der Waals surface area contributed by atoms with E-state index in [1.54, 1.807) is 12.1 Å². The third kappa shape index (κ3) is 5.88. The molecule has 0 aliphatic carbocycles. The zero-order chi connectivity index (χ0) is 24.1. The van der Waals surface area contributed by atoms with E-state index < -0.39 is 10.0 Å². The summed E-state index contributed by atoms with van der Waals surface area (Å²) in [5.41, 5.74) is 3.71. The molecule has 1 aromatic heterocycles. The van der Waals surface area contributed by atoms with E-state index in [0.717, 1.165) is 30.8 Å². The maximum Gasteiger partial charge on any atom is 0.243 e. The Balaban J connectivity index is 1.24. The average molecular weight is 483 g/mol. The number of hydrogen-bond acceptors (Lipinski definition) is 6. The van der Waals surface area contributed by atoms with Crippen molar-refractivity contribution >= 4 is 21.6 Å². The van der Waals surface area contributed by atoms with Crippen LogP contribution in [0.15, 0.2) is 59.6 Å². The smallest absolute Gasteiger partial charge is 0.243 e. The Morgan fingerprint density at radius 3 is 2.29 bits per heavy atom. The fourth-order valence-electron chi connectivity index (χ4n) is 3.98. The molecule has 1 aliphatic heterocycles. The van der Waals surface area contributed by atoms with E-state index in [1.807, 2.05) is 10.9 Å². The van der Waals surface area contributed by atoms with Crippen molar-refractivity contribution in [2.24, 2.45) is 0 Å². The Hall–Kier alpha value is -3.08. The van der Waals surface area contributed by atoms with Crippen LogP contribution in [-0.4, -0.2) is 71.2 Å². The molecular formula is C24H30N6O3S. The third-order valence-corrected chi connectivity index (χ3v) is 7.80. The molecule has 180 valence electrons. The molecule has 0 atom stereocenters. The van der Waals surface area contributed by atoms with Crippen LogP contribution in [-0.2, 0) is 21.4 Å². The summed E-state index contributed by atoms with van der Waals surface area (Å²) in [6.07, 6.45) is 2.88. The van der Waals surface area contributed by atoms with Gasteiger partial charge in [-0.25, -0.2) is 8.42 Å². The zero-order valence-corrected chi connectivity index (χ0v) is 20.3. The quantitative estimate of drug-likeness (QED) is 0.530. The van der Waals surface area contributed by atoms with Crippen LogP contribution in [0.1, 0.15) is 18.9 Å². The Labute approximate surface area is 200 Å². The normalized spacial score (nSPS) is 15.4. The summed E-state index contributed by atoms with van der Waals surface area (Å²) < 4.78 is 29.3. The molecule has 1 fully saturated rings. The molecular weight excluding hydrogens is 452 g/mol. The number of aryl methyl sites for hydroxylation is 2. The molecule has 0 spiro atoms. The molecule has 10 heteroatoms. The predicted molar refractivity (Wildman–Crippen MR) is 131 cm³/mol. The van der Waals surface area contributed by atoms with Crippen molar-refractivity contribution in [3.05, 3.63) is 60.3 Å². The van der Waals surface area contributed by atoms with Crippen LogP contribution < -0.4 is 5.32 Å². The van der Waals surface area contributed by atoms with Gasteiger partial charge in [-0.05, 0) is 37.6 Å². The van der Waals surface area contributed by atoms with Gasteiger partial charge in [-0.3, -0.25) is 9.48 Å². The monoisotopic (exact) mass is 482 g/mol. The van der Waals surface area contributed by atoms with Crippen molar-refractivity contribution in [2.75, 3.05) is 38.0 Å². The first kappa shape index (κ1) is 24.1. The van der Waals surface area contributed by atoms with E-state index in [2.05, 4.69) is 51.7 Å². The number of carbonyl (C=O) groups is 1. The van der Waals surface area contributed by atoms with Gasteiger partial charge in [-0.1, -0.05) is 35.0 Å². The summed E-state index contributed by atoms with van der Waals surface area (Å²) >= 11 is 0. The molecule has 4 rings (SSSR count). The number of benzene rings is 2. The number of anilines is 1. The van der Waals surface area contributed by atoms with Crippen molar-refractivity contribution < 1.29 is 13.2 Å². The van der Waals surface area contributed by atoms with E-state index in [1.165, 1.54) is 28.9 Å². The van der Waals surface area contributed by atoms with E-state index in [4.69, 9.17) is 0 Å². The minimum Gasteiger partial charge on any atom is -0.326 e. The van der Waals surface area contributed by atoms with Gasteiger partial charge in [-0.2, -0.15) is 4.31 Å². The number of hydrogen-bond donors (Lipinski definition) is 1. The number of aromatic nitrogens is 3. The molecule has 1 amide bonds. The van der Waals surface area contributed by atoms with E-state index in [-0.39, 0.29) is 10.8 Å². The minimum atomic E-state index is -3.55. The maximum atomic E-state index is 13.0. The lowest BCUT2D eigenvalue weighted by molar-refractivity contribution is -0.114. The highest BCUT2D eigenvalue weighted by Crippen LogP contribution is 2.20. The molecule has 1 aliphatic rings. The first-order valence-electron chi connectivity index (χ1n) is 11.4.